The highest BCUT2D eigenvalue weighted by Gasteiger charge is 2.13. The summed E-state index contributed by atoms with van der Waals surface area (Å²) in [6.45, 7) is 4.05. The molecule has 0 spiro atoms. The molecule has 0 saturated carbocycles. The van der Waals surface area contributed by atoms with Crippen LogP contribution in [0.1, 0.15) is 31.0 Å². The Morgan fingerprint density at radius 3 is 2.43 bits per heavy atom. The van der Waals surface area contributed by atoms with Gasteiger partial charge in [-0.3, -0.25) is 0 Å². The van der Waals surface area contributed by atoms with Crippen LogP contribution in [-0.2, 0) is 0 Å². The molecule has 3 aromatic rings. The number of benzene rings is 2. The van der Waals surface area contributed by atoms with E-state index in [1.807, 2.05) is 26.0 Å². The van der Waals surface area contributed by atoms with Gasteiger partial charge in [0.05, 0.1) is 12.1 Å². The normalized spacial score (nSPS) is 12.8. The summed E-state index contributed by atoms with van der Waals surface area (Å²) in [5, 5.41) is 3.41. The zero-order valence-corrected chi connectivity index (χ0v) is 13.1. The molecule has 0 amide bonds. The minimum atomic E-state index is -0.103. The topological polar surface area (TPSA) is 35.2 Å². The second kappa shape index (κ2) is 5.88. The molecule has 0 bridgehead atoms. The average molecular weight is 297 g/mol. The molecule has 0 aliphatic carbocycles. The molecule has 21 heavy (non-hydrogen) atoms. The third kappa shape index (κ3) is 2.94. The number of rotatable bonds is 4. The van der Waals surface area contributed by atoms with E-state index in [1.165, 1.54) is 15.6 Å². The van der Waals surface area contributed by atoms with Crippen LogP contribution in [-0.4, -0.2) is 6.10 Å². The van der Waals surface area contributed by atoms with Crippen molar-refractivity contribution in [1.29, 1.82) is 0 Å². The number of fused-ring (bicyclic) bond motifs is 1. The SMILES string of the molecule is CC(C)Oc1ccc(C(N)c2csc3ccccc23)cc1. The van der Waals surface area contributed by atoms with Crippen LogP contribution in [0.25, 0.3) is 10.1 Å². The fourth-order valence-electron chi connectivity index (χ4n) is 2.44. The van der Waals surface area contributed by atoms with Crippen molar-refractivity contribution in [3.8, 4) is 5.75 Å². The van der Waals surface area contributed by atoms with Crippen molar-refractivity contribution in [2.24, 2.45) is 5.73 Å². The highest BCUT2D eigenvalue weighted by molar-refractivity contribution is 7.17. The summed E-state index contributed by atoms with van der Waals surface area (Å²) < 4.78 is 6.95. The van der Waals surface area contributed by atoms with Gasteiger partial charge in [-0.2, -0.15) is 0 Å². The highest BCUT2D eigenvalue weighted by Crippen LogP contribution is 2.32. The summed E-state index contributed by atoms with van der Waals surface area (Å²) in [5.41, 5.74) is 8.74. The molecule has 0 saturated heterocycles. The van der Waals surface area contributed by atoms with E-state index in [1.54, 1.807) is 11.3 Å². The van der Waals surface area contributed by atoms with Gasteiger partial charge in [0.25, 0.3) is 0 Å². The molecule has 0 aliphatic heterocycles. The Morgan fingerprint density at radius 2 is 1.71 bits per heavy atom. The van der Waals surface area contributed by atoms with Gasteiger partial charge < -0.3 is 10.5 Å². The lowest BCUT2D eigenvalue weighted by Crippen LogP contribution is -2.11. The maximum absolute atomic E-state index is 6.44. The third-order valence-corrected chi connectivity index (χ3v) is 4.44. The molecular formula is C18H19NOS. The number of thiophene rings is 1. The van der Waals surface area contributed by atoms with Crippen LogP contribution in [0.4, 0.5) is 0 Å². The van der Waals surface area contributed by atoms with E-state index in [0.29, 0.717) is 0 Å². The Hall–Kier alpha value is -1.84. The Bertz CT molecular complexity index is 730. The van der Waals surface area contributed by atoms with E-state index in [9.17, 15) is 0 Å². The highest BCUT2D eigenvalue weighted by atomic mass is 32.1. The van der Waals surface area contributed by atoms with E-state index in [-0.39, 0.29) is 12.1 Å². The van der Waals surface area contributed by atoms with Gasteiger partial charge in [-0.1, -0.05) is 30.3 Å². The molecular weight excluding hydrogens is 278 g/mol. The van der Waals surface area contributed by atoms with Crippen molar-refractivity contribution in [2.45, 2.75) is 26.0 Å². The molecule has 2 nitrogen and oxygen atoms in total. The van der Waals surface area contributed by atoms with Crippen molar-refractivity contribution in [2.75, 3.05) is 0 Å². The summed E-state index contributed by atoms with van der Waals surface area (Å²) >= 11 is 1.74. The molecule has 1 unspecified atom stereocenters. The molecule has 1 atom stereocenters. The van der Waals surface area contributed by atoms with Crippen molar-refractivity contribution in [3.63, 3.8) is 0 Å². The maximum Gasteiger partial charge on any atom is 0.119 e. The lowest BCUT2D eigenvalue weighted by molar-refractivity contribution is 0.242. The van der Waals surface area contributed by atoms with Crippen LogP contribution in [0.3, 0.4) is 0 Å². The first kappa shape index (κ1) is 14.1. The minimum Gasteiger partial charge on any atom is -0.491 e. The van der Waals surface area contributed by atoms with Gasteiger partial charge in [0, 0.05) is 4.70 Å². The molecule has 2 N–H and O–H groups in total. The zero-order chi connectivity index (χ0) is 14.8. The first-order valence-corrected chi connectivity index (χ1v) is 8.01. The molecule has 1 heterocycles. The summed E-state index contributed by atoms with van der Waals surface area (Å²) in [6.07, 6.45) is 0.186. The van der Waals surface area contributed by atoms with Gasteiger partial charge >= 0.3 is 0 Å². The van der Waals surface area contributed by atoms with Gasteiger partial charge in [0.2, 0.25) is 0 Å². The molecule has 108 valence electrons. The number of ether oxygens (including phenoxy) is 1. The van der Waals surface area contributed by atoms with E-state index in [0.717, 1.165) is 11.3 Å². The predicted molar refractivity (Wildman–Crippen MR) is 90.1 cm³/mol. The Kier molecular flexibility index (Phi) is 3.95. The smallest absolute Gasteiger partial charge is 0.119 e. The molecule has 0 radical (unpaired) electrons. The number of hydrogen-bond acceptors (Lipinski definition) is 3. The van der Waals surface area contributed by atoms with Gasteiger partial charge in [0.1, 0.15) is 5.75 Å². The predicted octanol–water partition coefficient (Wildman–Crippen LogP) is 4.74. The number of nitrogens with two attached hydrogens (primary N) is 1. The Labute approximate surface area is 129 Å². The summed E-state index contributed by atoms with van der Waals surface area (Å²) in [7, 11) is 0. The number of hydrogen-bond donors (Lipinski definition) is 1. The Balaban J connectivity index is 1.89. The largest absolute Gasteiger partial charge is 0.491 e. The second-order valence-electron chi connectivity index (χ2n) is 5.40. The van der Waals surface area contributed by atoms with Crippen LogP contribution in [0.2, 0.25) is 0 Å². The van der Waals surface area contributed by atoms with Crippen molar-refractivity contribution in [3.05, 3.63) is 65.0 Å². The second-order valence-corrected chi connectivity index (χ2v) is 6.31. The Morgan fingerprint density at radius 1 is 1.00 bits per heavy atom. The fraction of sp³-hybridized carbons (Fsp3) is 0.222. The quantitative estimate of drug-likeness (QED) is 0.755. The third-order valence-electron chi connectivity index (χ3n) is 3.46. The lowest BCUT2D eigenvalue weighted by atomic mass is 9.99. The van der Waals surface area contributed by atoms with E-state index in [4.69, 9.17) is 10.5 Å². The van der Waals surface area contributed by atoms with Crippen LogP contribution in [0, 0.1) is 0 Å². The van der Waals surface area contributed by atoms with E-state index in [2.05, 4.69) is 41.8 Å². The first-order chi connectivity index (χ1) is 10.1. The standard InChI is InChI=1S/C18H19NOS/c1-12(2)20-14-9-7-13(8-10-14)18(19)16-11-21-17-6-4-3-5-15(16)17/h3-12,18H,19H2,1-2H3. The van der Waals surface area contributed by atoms with Gasteiger partial charge in [-0.25, -0.2) is 0 Å². The molecule has 1 aromatic heterocycles. The molecule has 3 rings (SSSR count). The maximum atomic E-state index is 6.44. The van der Waals surface area contributed by atoms with Crippen LogP contribution in [0.5, 0.6) is 5.75 Å². The zero-order valence-electron chi connectivity index (χ0n) is 12.2. The monoisotopic (exact) mass is 297 g/mol. The lowest BCUT2D eigenvalue weighted by Gasteiger charge is -2.14. The summed E-state index contributed by atoms with van der Waals surface area (Å²) in [4.78, 5) is 0. The fourth-order valence-corrected chi connectivity index (χ4v) is 3.44. The molecule has 0 fully saturated rings. The summed E-state index contributed by atoms with van der Waals surface area (Å²) in [6, 6.07) is 16.4. The molecule has 0 aliphatic rings. The van der Waals surface area contributed by atoms with Crippen LogP contribution < -0.4 is 10.5 Å². The minimum absolute atomic E-state index is 0.103. The van der Waals surface area contributed by atoms with E-state index < -0.39 is 0 Å². The van der Waals surface area contributed by atoms with Crippen molar-refractivity contribution < 1.29 is 4.74 Å². The van der Waals surface area contributed by atoms with Gasteiger partial charge in [-0.05, 0) is 53.9 Å². The summed E-state index contributed by atoms with van der Waals surface area (Å²) in [5.74, 6) is 0.885. The van der Waals surface area contributed by atoms with Crippen LogP contribution in [0.15, 0.2) is 53.9 Å². The molecule has 2 aromatic carbocycles. The van der Waals surface area contributed by atoms with Crippen molar-refractivity contribution in [1.82, 2.24) is 0 Å². The van der Waals surface area contributed by atoms with Crippen molar-refractivity contribution >= 4 is 21.4 Å². The average Bonchev–Trinajstić information content (AvgIpc) is 2.90. The van der Waals surface area contributed by atoms with Gasteiger partial charge in [-0.15, -0.1) is 11.3 Å². The van der Waals surface area contributed by atoms with Gasteiger partial charge in [0.15, 0.2) is 0 Å². The molecule has 3 heteroatoms. The van der Waals surface area contributed by atoms with E-state index >= 15 is 0 Å². The first-order valence-electron chi connectivity index (χ1n) is 7.13. The van der Waals surface area contributed by atoms with Crippen LogP contribution >= 0.6 is 11.3 Å².